The molecule has 9 heteroatoms. The van der Waals surface area contributed by atoms with E-state index in [1.165, 1.54) is 0 Å². The third-order valence-electron chi connectivity index (χ3n) is 5.87. The van der Waals surface area contributed by atoms with Gasteiger partial charge in [-0.2, -0.15) is 4.98 Å². The second-order valence-corrected chi connectivity index (χ2v) is 8.35. The molecule has 0 radical (unpaired) electrons. The molecule has 5 N–H and O–H groups in total. The fourth-order valence-corrected chi connectivity index (χ4v) is 4.13. The molecule has 1 atom stereocenters. The number of carbonyl (C=O) groups excluding carboxylic acids is 2. The van der Waals surface area contributed by atoms with Crippen LogP contribution in [0.4, 0.5) is 23.1 Å². The number of rotatable bonds is 6. The summed E-state index contributed by atoms with van der Waals surface area (Å²) in [6.07, 6.45) is 0.111. The number of nitrogens with zero attached hydrogens (tertiary/aromatic N) is 3. The minimum atomic E-state index is -0.545. The zero-order valence-corrected chi connectivity index (χ0v) is 18.8. The van der Waals surface area contributed by atoms with E-state index in [4.69, 9.17) is 5.73 Å². The van der Waals surface area contributed by atoms with Crippen LogP contribution in [-0.2, 0) is 0 Å². The molecule has 2 amide bonds. The molecule has 0 bridgehead atoms. The van der Waals surface area contributed by atoms with Gasteiger partial charge in [0.2, 0.25) is 5.95 Å². The smallest absolute Gasteiger partial charge is 0.254 e. The number of aromatic nitrogens is 2. The van der Waals surface area contributed by atoms with E-state index in [1.54, 1.807) is 47.4 Å². The maximum atomic E-state index is 12.8. The number of para-hydroxylation sites is 2. The Morgan fingerprint density at radius 2 is 1.77 bits per heavy atom. The summed E-state index contributed by atoms with van der Waals surface area (Å²) in [7, 11) is 0. The minimum Gasteiger partial charge on any atom is -0.391 e. The summed E-state index contributed by atoms with van der Waals surface area (Å²) in [6.45, 7) is 0.874. The highest BCUT2D eigenvalue weighted by atomic mass is 16.3. The second kappa shape index (κ2) is 9.40. The summed E-state index contributed by atoms with van der Waals surface area (Å²) in [4.78, 5) is 35.6. The molecule has 0 spiro atoms. The van der Waals surface area contributed by atoms with Gasteiger partial charge >= 0.3 is 0 Å². The van der Waals surface area contributed by atoms with Gasteiger partial charge in [-0.1, -0.05) is 30.3 Å². The molecule has 0 saturated carbocycles. The Morgan fingerprint density at radius 3 is 2.57 bits per heavy atom. The van der Waals surface area contributed by atoms with Gasteiger partial charge in [0.05, 0.1) is 22.9 Å². The monoisotopic (exact) mass is 468 g/mol. The molecule has 1 unspecified atom stereocenters. The highest BCUT2D eigenvalue weighted by molar-refractivity contribution is 6.01. The Hall–Kier alpha value is -4.50. The maximum Gasteiger partial charge on any atom is 0.254 e. The number of anilines is 4. The molecule has 4 aromatic rings. The summed E-state index contributed by atoms with van der Waals surface area (Å²) in [6, 6.07) is 21.6. The van der Waals surface area contributed by atoms with Crippen molar-refractivity contribution in [3.05, 3.63) is 83.9 Å². The quantitative estimate of drug-likeness (QED) is 0.341. The number of carbonyl (C=O) groups is 2. The first-order chi connectivity index (χ1) is 17.0. The van der Waals surface area contributed by atoms with Crippen molar-refractivity contribution in [1.82, 2.24) is 14.9 Å². The maximum absolute atomic E-state index is 12.8. The lowest BCUT2D eigenvalue weighted by molar-refractivity contribution is 0.0765. The summed E-state index contributed by atoms with van der Waals surface area (Å²) < 4.78 is 0. The number of hydrogen-bond donors (Lipinski definition) is 4. The van der Waals surface area contributed by atoms with E-state index in [0.29, 0.717) is 59.3 Å². The molecule has 1 aliphatic rings. The van der Waals surface area contributed by atoms with Crippen molar-refractivity contribution in [2.45, 2.75) is 12.5 Å². The third-order valence-corrected chi connectivity index (χ3v) is 5.87. The van der Waals surface area contributed by atoms with Gasteiger partial charge in [0.1, 0.15) is 5.82 Å². The van der Waals surface area contributed by atoms with Crippen molar-refractivity contribution in [2.75, 3.05) is 23.7 Å². The number of aliphatic hydroxyl groups is 1. The first kappa shape index (κ1) is 22.3. The number of nitrogens with two attached hydrogens (primary N) is 1. The van der Waals surface area contributed by atoms with Gasteiger partial charge in [-0.05, 0) is 48.9 Å². The predicted octanol–water partition coefficient (Wildman–Crippen LogP) is 3.42. The predicted molar refractivity (Wildman–Crippen MR) is 134 cm³/mol. The van der Waals surface area contributed by atoms with E-state index in [1.807, 2.05) is 30.3 Å². The van der Waals surface area contributed by atoms with Crippen LogP contribution in [0.25, 0.3) is 10.9 Å². The average Bonchev–Trinajstić information content (AvgIpc) is 3.30. The van der Waals surface area contributed by atoms with Crippen LogP contribution < -0.4 is 16.4 Å². The van der Waals surface area contributed by atoms with Crippen LogP contribution in [0, 0.1) is 0 Å². The average molecular weight is 469 g/mol. The van der Waals surface area contributed by atoms with Gasteiger partial charge in [-0.25, -0.2) is 4.98 Å². The number of β-amino-alcohol motifs (C(OH)–C–C–N with tert-alkyl or cyclic N) is 1. The summed E-state index contributed by atoms with van der Waals surface area (Å²) in [5.74, 6) is 0.154. The Balaban J connectivity index is 1.46. The van der Waals surface area contributed by atoms with Crippen LogP contribution in [0.3, 0.4) is 0 Å². The van der Waals surface area contributed by atoms with Crippen molar-refractivity contribution in [2.24, 2.45) is 5.73 Å². The fraction of sp³-hybridized carbons (Fsp3) is 0.154. The van der Waals surface area contributed by atoms with E-state index < -0.39 is 12.0 Å². The molecule has 1 saturated heterocycles. The van der Waals surface area contributed by atoms with Crippen LogP contribution >= 0.6 is 0 Å². The lowest BCUT2D eigenvalue weighted by atomic mass is 10.1. The van der Waals surface area contributed by atoms with Crippen molar-refractivity contribution in [3.8, 4) is 0 Å². The lowest BCUT2D eigenvalue weighted by Crippen LogP contribution is -2.29. The van der Waals surface area contributed by atoms with Crippen LogP contribution in [-0.4, -0.2) is 51.0 Å². The molecular weight excluding hydrogens is 444 g/mol. The van der Waals surface area contributed by atoms with E-state index in [0.717, 1.165) is 5.39 Å². The highest BCUT2D eigenvalue weighted by Gasteiger charge is 2.25. The minimum absolute atomic E-state index is 0.130. The molecule has 2 heterocycles. The van der Waals surface area contributed by atoms with Crippen molar-refractivity contribution >= 4 is 45.9 Å². The Morgan fingerprint density at radius 1 is 0.971 bits per heavy atom. The highest BCUT2D eigenvalue weighted by Crippen LogP contribution is 2.28. The molecule has 35 heavy (non-hydrogen) atoms. The first-order valence-electron chi connectivity index (χ1n) is 11.2. The summed E-state index contributed by atoms with van der Waals surface area (Å²) in [5.41, 5.74) is 8.28. The van der Waals surface area contributed by atoms with Crippen LogP contribution in [0.15, 0.2) is 72.8 Å². The van der Waals surface area contributed by atoms with E-state index >= 15 is 0 Å². The lowest BCUT2D eigenvalue weighted by Gasteiger charge is -2.16. The number of primary amides is 1. The number of aliphatic hydroxyl groups excluding tert-OH is 1. The van der Waals surface area contributed by atoms with Gasteiger partial charge in [0, 0.05) is 29.7 Å². The van der Waals surface area contributed by atoms with Gasteiger partial charge in [0.15, 0.2) is 0 Å². The number of likely N-dealkylation sites (tertiary alicyclic amines) is 1. The normalized spacial score (nSPS) is 15.2. The van der Waals surface area contributed by atoms with Crippen molar-refractivity contribution in [1.29, 1.82) is 0 Å². The SMILES string of the molecule is NC(=O)c1ccccc1Nc1nc(Nc2cccc(C(=O)N3CCC(O)C3)c2)nc2ccccc12. The zero-order valence-electron chi connectivity index (χ0n) is 18.8. The Kier molecular flexibility index (Phi) is 5.99. The van der Waals surface area contributed by atoms with Crippen LogP contribution in [0.2, 0.25) is 0 Å². The number of nitrogens with one attached hydrogen (secondary N) is 2. The Bertz CT molecular complexity index is 1420. The standard InChI is InChI=1S/C26H24N6O3/c27-23(34)19-8-1-3-10-21(19)29-24-20-9-2-4-11-22(20)30-26(31-24)28-17-7-5-6-16(14-17)25(35)32-13-12-18(33)15-32/h1-11,14,18,33H,12-13,15H2,(H2,27,34)(H2,28,29,30,31). The Labute approximate surface area is 201 Å². The number of fused-ring (bicyclic) bond motifs is 1. The third kappa shape index (κ3) is 4.75. The van der Waals surface area contributed by atoms with Gasteiger partial charge in [-0.15, -0.1) is 0 Å². The van der Waals surface area contributed by atoms with Gasteiger partial charge in [-0.3, -0.25) is 9.59 Å². The molecule has 0 aliphatic carbocycles. The number of benzene rings is 3. The van der Waals surface area contributed by atoms with E-state index in [-0.39, 0.29) is 5.91 Å². The van der Waals surface area contributed by atoms with Gasteiger partial charge < -0.3 is 26.4 Å². The zero-order chi connectivity index (χ0) is 24.4. The first-order valence-corrected chi connectivity index (χ1v) is 11.2. The van der Waals surface area contributed by atoms with E-state index in [2.05, 4.69) is 20.6 Å². The topological polar surface area (TPSA) is 133 Å². The van der Waals surface area contributed by atoms with Crippen molar-refractivity contribution in [3.63, 3.8) is 0 Å². The molecule has 1 aromatic heterocycles. The van der Waals surface area contributed by atoms with Crippen molar-refractivity contribution < 1.29 is 14.7 Å². The van der Waals surface area contributed by atoms with Crippen LogP contribution in [0.5, 0.6) is 0 Å². The summed E-state index contributed by atoms with van der Waals surface area (Å²) in [5, 5.41) is 16.9. The van der Waals surface area contributed by atoms with Crippen LogP contribution in [0.1, 0.15) is 27.1 Å². The summed E-state index contributed by atoms with van der Waals surface area (Å²) >= 11 is 0. The number of hydrogen-bond acceptors (Lipinski definition) is 7. The number of amides is 2. The molecule has 176 valence electrons. The second-order valence-electron chi connectivity index (χ2n) is 8.35. The molecular formula is C26H24N6O3. The van der Waals surface area contributed by atoms with E-state index in [9.17, 15) is 14.7 Å². The molecule has 5 rings (SSSR count). The molecule has 3 aromatic carbocycles. The van der Waals surface area contributed by atoms with Gasteiger partial charge in [0.25, 0.3) is 11.8 Å². The molecule has 1 fully saturated rings. The largest absolute Gasteiger partial charge is 0.391 e. The molecule has 1 aliphatic heterocycles. The fourth-order valence-electron chi connectivity index (χ4n) is 4.13. The molecule has 9 nitrogen and oxygen atoms in total.